The van der Waals surface area contributed by atoms with Gasteiger partial charge in [0.1, 0.15) is 0 Å². The molecule has 8 heteroatoms. The van der Waals surface area contributed by atoms with Crippen LogP contribution in [-0.4, -0.2) is 47.5 Å². The van der Waals surface area contributed by atoms with Crippen molar-refractivity contribution in [1.29, 1.82) is 0 Å². The molecule has 0 spiro atoms. The van der Waals surface area contributed by atoms with Gasteiger partial charge in [0.15, 0.2) is 0 Å². The molecule has 0 aliphatic rings. The quantitative estimate of drug-likeness (QED) is 0.443. The minimum Gasteiger partial charge on any atom is -0.281 e. The monoisotopic (exact) mass is 298 g/mol. The van der Waals surface area contributed by atoms with Crippen LogP contribution in [0.4, 0.5) is 0 Å². The Hall–Kier alpha value is -1.69. The molecule has 0 atom stereocenters. The maximum absolute atomic E-state index is 7.50. The zero-order valence-corrected chi connectivity index (χ0v) is 8.45. The summed E-state index contributed by atoms with van der Waals surface area (Å²) in [5.74, 6) is 0. The van der Waals surface area contributed by atoms with E-state index in [1.807, 2.05) is 0 Å². The predicted octanol–water partition coefficient (Wildman–Crippen LogP) is -2.78. The van der Waals surface area contributed by atoms with Crippen molar-refractivity contribution in [2.45, 2.75) is 0 Å². The SMILES string of the molecule is [C]=O.[C]=O.[C]=O.[C]=O.[C]=O.[C]=O.[C]=O.[Ru]. The van der Waals surface area contributed by atoms with E-state index in [2.05, 4.69) is 47.5 Å². The van der Waals surface area contributed by atoms with Gasteiger partial charge in [0.05, 0.1) is 0 Å². The van der Waals surface area contributed by atoms with Gasteiger partial charge in [-0.25, -0.2) is 0 Å². The molecule has 0 aromatic rings. The molecule has 0 N–H and O–H groups in total. The van der Waals surface area contributed by atoms with Gasteiger partial charge in [-0.15, -0.1) is 0 Å². The van der Waals surface area contributed by atoms with E-state index in [9.17, 15) is 0 Å². The molecule has 0 amide bonds. The van der Waals surface area contributed by atoms with Gasteiger partial charge in [-0.1, -0.05) is 0 Å². The summed E-state index contributed by atoms with van der Waals surface area (Å²) in [6.07, 6.45) is 0. The third kappa shape index (κ3) is 460. The zero-order chi connectivity index (χ0) is 14.0. The molecule has 7 nitrogen and oxygen atoms in total. The maximum Gasteiger partial charge on any atom is 0.281 e. The van der Waals surface area contributed by atoms with Crippen LogP contribution in [0.25, 0.3) is 0 Å². The van der Waals surface area contributed by atoms with Crippen LogP contribution in [0, 0.1) is 0 Å². The van der Waals surface area contributed by atoms with Crippen LogP contribution >= 0.6 is 0 Å². The van der Waals surface area contributed by atoms with E-state index < -0.39 is 0 Å². The fraction of sp³-hybridized carbons (Fsp3) is 0. The molecule has 0 aliphatic carbocycles. The molecule has 0 aromatic heterocycles. The maximum atomic E-state index is 7.50. The summed E-state index contributed by atoms with van der Waals surface area (Å²) in [6, 6.07) is 0. The first-order chi connectivity index (χ1) is 7.00. The molecule has 15 heavy (non-hydrogen) atoms. The van der Waals surface area contributed by atoms with E-state index in [1.54, 1.807) is 0 Å². The van der Waals surface area contributed by atoms with E-state index in [4.69, 9.17) is 33.6 Å². The van der Waals surface area contributed by atoms with Crippen molar-refractivity contribution in [2.24, 2.45) is 0 Å². The molecule has 0 saturated heterocycles. The second kappa shape index (κ2) is 554. The molecule has 14 radical (unpaired) electrons. The Labute approximate surface area is 101 Å². The zero-order valence-electron chi connectivity index (χ0n) is 6.71. The number of hydrogen-bond acceptors (Lipinski definition) is 7. The Morgan fingerprint density at radius 1 is 0.267 bits per heavy atom. The molecule has 0 unspecified atom stereocenters. The fourth-order valence-electron chi connectivity index (χ4n) is 0. The predicted molar refractivity (Wildman–Crippen MR) is 39.9 cm³/mol. The summed E-state index contributed by atoms with van der Waals surface area (Å²) < 4.78 is 0. The molecular weight excluding hydrogens is 297 g/mol. The van der Waals surface area contributed by atoms with Crippen LogP contribution in [-0.2, 0) is 53.0 Å². The van der Waals surface area contributed by atoms with Crippen molar-refractivity contribution in [3.05, 3.63) is 0 Å². The second-order valence-electron chi connectivity index (χ2n) is 0. The summed E-state index contributed by atoms with van der Waals surface area (Å²) in [4.78, 5) is 52.5. The van der Waals surface area contributed by atoms with Gasteiger partial charge >= 0.3 is 0 Å². The average Bonchev–Trinajstić information content (AvgIpc) is 2.45. The standard InChI is InChI=1S/7CO.Ru/c7*1-2;. The molecule has 78 valence electrons. The first-order valence-corrected chi connectivity index (χ1v) is 1.43. The summed E-state index contributed by atoms with van der Waals surface area (Å²) in [6.45, 7) is 31.5. The van der Waals surface area contributed by atoms with Gasteiger partial charge in [0.25, 0.3) is 47.5 Å². The molecule has 0 aromatic carbocycles. The van der Waals surface area contributed by atoms with Gasteiger partial charge in [-0.3, -0.25) is 33.6 Å². The molecule has 0 fully saturated rings. The van der Waals surface area contributed by atoms with Gasteiger partial charge < -0.3 is 0 Å². The number of carbonyl (C=O) groups excluding carboxylic acids is 7. The molecule has 0 aliphatic heterocycles. The fourth-order valence-corrected chi connectivity index (χ4v) is 0. The second-order valence-corrected chi connectivity index (χ2v) is 0. The first kappa shape index (κ1) is 71.5. The smallest absolute Gasteiger partial charge is 0.281 e. The first-order valence-electron chi connectivity index (χ1n) is 1.43. The third-order valence-electron chi connectivity index (χ3n) is 0. The van der Waals surface area contributed by atoms with E-state index in [0.717, 1.165) is 0 Å². The van der Waals surface area contributed by atoms with Gasteiger partial charge in [-0.05, 0) is 0 Å². The minimum absolute atomic E-state index is 0. The summed E-state index contributed by atoms with van der Waals surface area (Å²) in [5.41, 5.74) is 0. The van der Waals surface area contributed by atoms with Crippen molar-refractivity contribution in [1.82, 2.24) is 0 Å². The normalized spacial score (nSPS) is 1.87. The van der Waals surface area contributed by atoms with E-state index in [-0.39, 0.29) is 19.5 Å². The van der Waals surface area contributed by atoms with Crippen molar-refractivity contribution in [3.8, 4) is 0 Å². The van der Waals surface area contributed by atoms with Crippen molar-refractivity contribution in [3.63, 3.8) is 0 Å². The van der Waals surface area contributed by atoms with Crippen molar-refractivity contribution in [2.75, 3.05) is 0 Å². The van der Waals surface area contributed by atoms with Crippen LogP contribution in [0.5, 0.6) is 0 Å². The largest absolute Gasteiger partial charge is 0.281 e. The van der Waals surface area contributed by atoms with Gasteiger partial charge in [0.2, 0.25) is 0 Å². The van der Waals surface area contributed by atoms with Crippen LogP contribution in [0.1, 0.15) is 0 Å². The molecular formula is C7O7Ru. The average molecular weight is 297 g/mol. The van der Waals surface area contributed by atoms with Gasteiger partial charge in [-0.2, -0.15) is 0 Å². The minimum atomic E-state index is 0. The van der Waals surface area contributed by atoms with E-state index in [1.165, 1.54) is 0 Å². The number of rotatable bonds is 0. The third-order valence-corrected chi connectivity index (χ3v) is 0. The van der Waals surface area contributed by atoms with Crippen LogP contribution in [0.15, 0.2) is 0 Å². The molecule has 0 rings (SSSR count). The van der Waals surface area contributed by atoms with Crippen molar-refractivity contribution < 1.29 is 53.0 Å². The van der Waals surface area contributed by atoms with E-state index in [0.29, 0.717) is 0 Å². The topological polar surface area (TPSA) is 119 Å². The Morgan fingerprint density at radius 3 is 0.267 bits per heavy atom. The Kier molecular flexibility index (Phi) is 2640. The van der Waals surface area contributed by atoms with Crippen molar-refractivity contribution >= 4 is 47.5 Å². The molecule has 0 bridgehead atoms. The summed E-state index contributed by atoms with van der Waals surface area (Å²) in [5, 5.41) is 0. The number of hydrogen-bond donors (Lipinski definition) is 0. The van der Waals surface area contributed by atoms with Gasteiger partial charge in [0, 0.05) is 19.5 Å². The summed E-state index contributed by atoms with van der Waals surface area (Å²) >= 11 is 0. The summed E-state index contributed by atoms with van der Waals surface area (Å²) in [7, 11) is 0. The molecule has 0 saturated carbocycles. The van der Waals surface area contributed by atoms with Crippen LogP contribution in [0.2, 0.25) is 0 Å². The Bertz CT molecular complexity index is 39.0. The van der Waals surface area contributed by atoms with Crippen LogP contribution < -0.4 is 0 Å². The van der Waals surface area contributed by atoms with Crippen LogP contribution in [0.3, 0.4) is 0 Å². The van der Waals surface area contributed by atoms with E-state index >= 15 is 0 Å². The Balaban J connectivity index is -0.00000000628. The molecule has 0 heterocycles. The Morgan fingerprint density at radius 2 is 0.267 bits per heavy atom.